The van der Waals surface area contributed by atoms with E-state index in [-0.39, 0.29) is 30.3 Å². The fourth-order valence-electron chi connectivity index (χ4n) is 2.91. The largest absolute Gasteiger partial charge is 0.349 e. The third-order valence-corrected chi connectivity index (χ3v) is 4.05. The minimum absolute atomic E-state index is 0.0942. The number of nitrogens with zero attached hydrogens (tertiary/aromatic N) is 1. The van der Waals surface area contributed by atoms with Crippen LogP contribution >= 0.6 is 0 Å². The van der Waals surface area contributed by atoms with Crippen molar-refractivity contribution in [2.75, 3.05) is 20.6 Å². The Balaban J connectivity index is 2.10. The van der Waals surface area contributed by atoms with Crippen molar-refractivity contribution in [2.24, 2.45) is 0 Å². The number of rotatable bonds is 8. The average molecular weight is 353 g/mol. The lowest BCUT2D eigenvalue weighted by atomic mass is 10.0. The van der Waals surface area contributed by atoms with Crippen molar-refractivity contribution in [3.63, 3.8) is 0 Å². The van der Waals surface area contributed by atoms with Gasteiger partial charge in [-0.25, -0.2) is 0 Å². The zero-order valence-corrected chi connectivity index (χ0v) is 15.6. The van der Waals surface area contributed by atoms with Gasteiger partial charge >= 0.3 is 0 Å². The SMILES string of the molecule is CC(=O)N[C@H](CC(=O)N[C@H](CN(C)C)c1ccccc1)c1ccccc1. The van der Waals surface area contributed by atoms with Crippen molar-refractivity contribution < 1.29 is 9.59 Å². The second-order valence-electron chi connectivity index (χ2n) is 6.66. The van der Waals surface area contributed by atoms with Crippen molar-refractivity contribution in [3.8, 4) is 0 Å². The van der Waals surface area contributed by atoms with Gasteiger partial charge in [0.05, 0.1) is 18.5 Å². The Kier molecular flexibility index (Phi) is 7.36. The van der Waals surface area contributed by atoms with Crippen LogP contribution in [-0.4, -0.2) is 37.4 Å². The molecule has 0 fully saturated rings. The van der Waals surface area contributed by atoms with Crippen LogP contribution in [0, 0.1) is 0 Å². The fraction of sp³-hybridized carbons (Fsp3) is 0.333. The van der Waals surface area contributed by atoms with Gasteiger partial charge in [0.1, 0.15) is 0 Å². The Bertz CT molecular complexity index is 702. The van der Waals surface area contributed by atoms with E-state index in [2.05, 4.69) is 10.6 Å². The zero-order chi connectivity index (χ0) is 18.9. The Morgan fingerprint density at radius 3 is 1.81 bits per heavy atom. The smallest absolute Gasteiger partial charge is 0.222 e. The molecule has 2 rings (SSSR count). The fourth-order valence-corrected chi connectivity index (χ4v) is 2.91. The number of hydrogen-bond acceptors (Lipinski definition) is 3. The lowest BCUT2D eigenvalue weighted by molar-refractivity contribution is -0.123. The number of nitrogens with one attached hydrogen (secondary N) is 2. The van der Waals surface area contributed by atoms with Crippen LogP contribution in [0.25, 0.3) is 0 Å². The molecule has 5 nitrogen and oxygen atoms in total. The number of carbonyl (C=O) groups is 2. The van der Waals surface area contributed by atoms with E-state index < -0.39 is 0 Å². The highest BCUT2D eigenvalue weighted by molar-refractivity contribution is 5.79. The third-order valence-electron chi connectivity index (χ3n) is 4.05. The zero-order valence-electron chi connectivity index (χ0n) is 15.6. The summed E-state index contributed by atoms with van der Waals surface area (Å²) in [6, 6.07) is 19.0. The molecule has 5 heteroatoms. The van der Waals surface area contributed by atoms with Gasteiger partial charge in [0, 0.05) is 13.5 Å². The topological polar surface area (TPSA) is 61.4 Å². The summed E-state index contributed by atoms with van der Waals surface area (Å²) < 4.78 is 0. The molecule has 26 heavy (non-hydrogen) atoms. The Morgan fingerprint density at radius 2 is 1.35 bits per heavy atom. The molecule has 0 unspecified atom stereocenters. The molecule has 0 saturated carbocycles. The molecule has 0 aromatic heterocycles. The van der Waals surface area contributed by atoms with Crippen molar-refractivity contribution in [3.05, 3.63) is 71.8 Å². The minimum atomic E-state index is -0.343. The molecule has 138 valence electrons. The van der Waals surface area contributed by atoms with Crippen LogP contribution in [0.1, 0.15) is 36.6 Å². The van der Waals surface area contributed by atoms with Crippen LogP contribution in [-0.2, 0) is 9.59 Å². The molecule has 2 aromatic carbocycles. The molecule has 0 spiro atoms. The molecule has 0 aliphatic heterocycles. The molecule has 0 aliphatic carbocycles. The number of likely N-dealkylation sites (N-methyl/N-ethyl adjacent to an activating group) is 1. The molecule has 2 N–H and O–H groups in total. The summed E-state index contributed by atoms with van der Waals surface area (Å²) in [7, 11) is 3.96. The predicted octanol–water partition coefficient (Wildman–Crippen LogP) is 2.67. The number of amides is 2. The Morgan fingerprint density at radius 1 is 0.846 bits per heavy atom. The van der Waals surface area contributed by atoms with E-state index in [1.165, 1.54) is 6.92 Å². The maximum absolute atomic E-state index is 12.7. The molecule has 0 heterocycles. The lowest BCUT2D eigenvalue weighted by Crippen LogP contribution is -2.38. The van der Waals surface area contributed by atoms with Crippen LogP contribution in [0.3, 0.4) is 0 Å². The van der Waals surface area contributed by atoms with Gasteiger partial charge in [-0.05, 0) is 25.2 Å². The van der Waals surface area contributed by atoms with Gasteiger partial charge < -0.3 is 15.5 Å². The number of hydrogen-bond donors (Lipinski definition) is 2. The molecule has 0 saturated heterocycles. The number of carbonyl (C=O) groups excluding carboxylic acids is 2. The second-order valence-corrected chi connectivity index (χ2v) is 6.66. The summed E-state index contributed by atoms with van der Waals surface area (Å²) in [5, 5.41) is 5.98. The summed E-state index contributed by atoms with van der Waals surface area (Å²) in [4.78, 5) is 26.3. The van der Waals surface area contributed by atoms with Crippen LogP contribution in [0.4, 0.5) is 0 Å². The first-order chi connectivity index (χ1) is 12.5. The van der Waals surface area contributed by atoms with Gasteiger partial charge in [-0.3, -0.25) is 9.59 Å². The first kappa shape index (κ1) is 19.7. The molecule has 0 bridgehead atoms. The number of benzene rings is 2. The maximum atomic E-state index is 12.7. The van der Waals surface area contributed by atoms with Gasteiger partial charge in [-0.2, -0.15) is 0 Å². The summed E-state index contributed by atoms with van der Waals surface area (Å²) in [6.45, 7) is 2.17. The van der Waals surface area contributed by atoms with Crippen molar-refractivity contribution in [2.45, 2.75) is 25.4 Å². The van der Waals surface area contributed by atoms with E-state index in [1.54, 1.807) is 0 Å². The van der Waals surface area contributed by atoms with E-state index >= 15 is 0 Å². The highest BCUT2D eigenvalue weighted by Gasteiger charge is 2.20. The minimum Gasteiger partial charge on any atom is -0.349 e. The standard InChI is InChI=1S/C21H27N3O2/c1-16(25)22-19(17-10-6-4-7-11-17)14-21(26)23-20(15-24(2)3)18-12-8-5-9-13-18/h4-13,19-20H,14-15H2,1-3H3,(H,22,25)(H,23,26)/t19-,20-/m1/s1. The van der Waals surface area contributed by atoms with E-state index in [0.717, 1.165) is 11.1 Å². The Labute approximate surface area is 155 Å². The first-order valence-electron chi connectivity index (χ1n) is 8.77. The molecule has 2 aromatic rings. The van der Waals surface area contributed by atoms with Crippen molar-refractivity contribution in [1.29, 1.82) is 0 Å². The summed E-state index contributed by atoms with van der Waals surface area (Å²) >= 11 is 0. The van der Waals surface area contributed by atoms with Gasteiger partial charge in [0.2, 0.25) is 11.8 Å². The van der Waals surface area contributed by atoms with Gasteiger partial charge in [-0.1, -0.05) is 60.7 Å². The summed E-state index contributed by atoms with van der Waals surface area (Å²) in [5.41, 5.74) is 1.98. The van der Waals surface area contributed by atoms with E-state index in [1.807, 2.05) is 79.7 Å². The highest BCUT2D eigenvalue weighted by Crippen LogP contribution is 2.18. The third kappa shape index (κ3) is 6.33. The Hall–Kier alpha value is -2.66. The highest BCUT2D eigenvalue weighted by atomic mass is 16.2. The van der Waals surface area contributed by atoms with Crippen LogP contribution in [0.2, 0.25) is 0 Å². The molecule has 2 atom stereocenters. The van der Waals surface area contributed by atoms with E-state index in [0.29, 0.717) is 6.54 Å². The van der Waals surface area contributed by atoms with Gasteiger partial charge in [-0.15, -0.1) is 0 Å². The maximum Gasteiger partial charge on any atom is 0.222 e. The second kappa shape index (κ2) is 9.73. The summed E-state index contributed by atoms with van der Waals surface area (Å²) in [6.07, 6.45) is 0.195. The van der Waals surface area contributed by atoms with Crippen LogP contribution in [0.5, 0.6) is 0 Å². The predicted molar refractivity (Wildman–Crippen MR) is 103 cm³/mol. The lowest BCUT2D eigenvalue weighted by Gasteiger charge is -2.24. The van der Waals surface area contributed by atoms with Crippen molar-refractivity contribution in [1.82, 2.24) is 15.5 Å². The van der Waals surface area contributed by atoms with Crippen LogP contribution < -0.4 is 10.6 Å². The molecule has 2 amide bonds. The molecule has 0 aliphatic rings. The summed E-state index contributed by atoms with van der Waals surface area (Å²) in [5.74, 6) is -0.247. The molecular weight excluding hydrogens is 326 g/mol. The van der Waals surface area contributed by atoms with E-state index in [4.69, 9.17) is 0 Å². The molecular formula is C21H27N3O2. The monoisotopic (exact) mass is 353 g/mol. The van der Waals surface area contributed by atoms with Crippen molar-refractivity contribution >= 4 is 11.8 Å². The van der Waals surface area contributed by atoms with Gasteiger partial charge in [0.25, 0.3) is 0 Å². The average Bonchev–Trinajstić information content (AvgIpc) is 2.61. The first-order valence-corrected chi connectivity index (χ1v) is 8.77. The van der Waals surface area contributed by atoms with Crippen LogP contribution in [0.15, 0.2) is 60.7 Å². The van der Waals surface area contributed by atoms with Gasteiger partial charge in [0.15, 0.2) is 0 Å². The van der Waals surface area contributed by atoms with E-state index in [9.17, 15) is 9.59 Å². The quantitative estimate of drug-likeness (QED) is 0.767. The normalized spacial score (nSPS) is 13.1. The molecule has 0 radical (unpaired) electrons.